The summed E-state index contributed by atoms with van der Waals surface area (Å²) in [5.41, 5.74) is 6.92. The van der Waals surface area contributed by atoms with Crippen molar-refractivity contribution in [3.8, 4) is 0 Å². The first-order valence-corrected chi connectivity index (χ1v) is 6.05. The first-order chi connectivity index (χ1) is 7.65. The Morgan fingerprint density at radius 1 is 1.69 bits per heavy atom. The van der Waals surface area contributed by atoms with E-state index in [1.807, 2.05) is 13.0 Å². The molecule has 4 heteroatoms. The van der Waals surface area contributed by atoms with Crippen LogP contribution >= 0.6 is 0 Å². The maximum atomic E-state index is 5.96. The zero-order valence-electron chi connectivity index (χ0n) is 10.1. The molecule has 2 rings (SSSR count). The van der Waals surface area contributed by atoms with Crippen molar-refractivity contribution in [1.82, 2.24) is 10.1 Å². The van der Waals surface area contributed by atoms with Gasteiger partial charge in [0.25, 0.3) is 0 Å². The number of piperidine rings is 1. The van der Waals surface area contributed by atoms with Gasteiger partial charge in [0, 0.05) is 18.7 Å². The summed E-state index contributed by atoms with van der Waals surface area (Å²) in [5.74, 6) is 1.58. The van der Waals surface area contributed by atoms with E-state index in [1.165, 1.54) is 12.8 Å². The highest BCUT2D eigenvalue weighted by Gasteiger charge is 2.23. The number of aromatic nitrogens is 1. The van der Waals surface area contributed by atoms with Gasteiger partial charge in [-0.25, -0.2) is 0 Å². The molecule has 2 heterocycles. The van der Waals surface area contributed by atoms with Gasteiger partial charge in [-0.15, -0.1) is 0 Å². The largest absolute Gasteiger partial charge is 0.360 e. The zero-order chi connectivity index (χ0) is 11.5. The molecule has 1 aromatic heterocycles. The SMILES string of the molecule is Cc1cc(CN2CCCC(C(C)N)C2)on1. The first-order valence-electron chi connectivity index (χ1n) is 6.05. The molecule has 1 aliphatic rings. The molecular formula is C12H21N3O. The van der Waals surface area contributed by atoms with Crippen LogP contribution in [0.25, 0.3) is 0 Å². The zero-order valence-corrected chi connectivity index (χ0v) is 10.1. The van der Waals surface area contributed by atoms with Gasteiger partial charge in [-0.1, -0.05) is 5.16 Å². The predicted molar refractivity (Wildman–Crippen MR) is 62.9 cm³/mol. The number of nitrogens with two attached hydrogens (primary N) is 1. The van der Waals surface area contributed by atoms with Crippen LogP contribution in [0.15, 0.2) is 10.6 Å². The standard InChI is InChI=1S/C12H21N3O/c1-9-6-12(16-14-9)8-15-5-3-4-11(7-15)10(2)13/h6,10-11H,3-5,7-8,13H2,1-2H3. The van der Waals surface area contributed by atoms with Crippen molar-refractivity contribution in [3.05, 3.63) is 17.5 Å². The molecule has 90 valence electrons. The van der Waals surface area contributed by atoms with Gasteiger partial charge < -0.3 is 10.3 Å². The van der Waals surface area contributed by atoms with Crippen LogP contribution < -0.4 is 5.73 Å². The van der Waals surface area contributed by atoms with Crippen molar-refractivity contribution in [1.29, 1.82) is 0 Å². The molecule has 1 fully saturated rings. The lowest BCUT2D eigenvalue weighted by Crippen LogP contribution is -2.41. The quantitative estimate of drug-likeness (QED) is 0.844. The third-order valence-electron chi connectivity index (χ3n) is 3.34. The lowest BCUT2D eigenvalue weighted by atomic mass is 9.92. The maximum absolute atomic E-state index is 5.96. The summed E-state index contributed by atoms with van der Waals surface area (Å²) in [6.45, 7) is 7.14. The molecule has 16 heavy (non-hydrogen) atoms. The fourth-order valence-electron chi connectivity index (χ4n) is 2.38. The van der Waals surface area contributed by atoms with E-state index < -0.39 is 0 Å². The fraction of sp³-hybridized carbons (Fsp3) is 0.750. The minimum Gasteiger partial charge on any atom is -0.360 e. The third-order valence-corrected chi connectivity index (χ3v) is 3.34. The Balaban J connectivity index is 1.90. The normalized spacial score (nSPS) is 24.6. The molecule has 0 amide bonds. The molecule has 0 spiro atoms. The van der Waals surface area contributed by atoms with E-state index in [4.69, 9.17) is 10.3 Å². The maximum Gasteiger partial charge on any atom is 0.150 e. The molecule has 0 saturated carbocycles. The Morgan fingerprint density at radius 3 is 3.12 bits per heavy atom. The molecule has 2 unspecified atom stereocenters. The molecular weight excluding hydrogens is 202 g/mol. The van der Waals surface area contributed by atoms with Crippen molar-refractivity contribution in [2.45, 2.75) is 39.3 Å². The van der Waals surface area contributed by atoms with Crippen molar-refractivity contribution >= 4 is 0 Å². The summed E-state index contributed by atoms with van der Waals surface area (Å²) in [5, 5.41) is 3.91. The van der Waals surface area contributed by atoms with Gasteiger partial charge in [-0.3, -0.25) is 4.90 Å². The van der Waals surface area contributed by atoms with E-state index in [-0.39, 0.29) is 0 Å². The fourth-order valence-corrected chi connectivity index (χ4v) is 2.38. The summed E-state index contributed by atoms with van der Waals surface area (Å²) < 4.78 is 5.24. The summed E-state index contributed by atoms with van der Waals surface area (Å²) in [6.07, 6.45) is 2.49. The average Bonchev–Trinajstić information content (AvgIpc) is 2.64. The van der Waals surface area contributed by atoms with E-state index in [0.29, 0.717) is 12.0 Å². The van der Waals surface area contributed by atoms with Crippen molar-refractivity contribution in [2.75, 3.05) is 13.1 Å². The number of likely N-dealkylation sites (tertiary alicyclic amines) is 1. The Morgan fingerprint density at radius 2 is 2.50 bits per heavy atom. The lowest BCUT2D eigenvalue weighted by molar-refractivity contribution is 0.141. The predicted octanol–water partition coefficient (Wildman–Crippen LogP) is 1.54. The van der Waals surface area contributed by atoms with Gasteiger partial charge in [-0.05, 0) is 39.2 Å². The molecule has 2 N–H and O–H groups in total. The van der Waals surface area contributed by atoms with Crippen LogP contribution in [0, 0.1) is 12.8 Å². The van der Waals surface area contributed by atoms with E-state index in [0.717, 1.165) is 31.1 Å². The van der Waals surface area contributed by atoms with Gasteiger partial charge >= 0.3 is 0 Å². The Bertz CT molecular complexity index is 335. The van der Waals surface area contributed by atoms with Crippen LogP contribution in [0.1, 0.15) is 31.2 Å². The molecule has 1 aromatic rings. The third kappa shape index (κ3) is 2.83. The van der Waals surface area contributed by atoms with Crippen molar-refractivity contribution in [2.24, 2.45) is 11.7 Å². The molecule has 2 atom stereocenters. The highest BCUT2D eigenvalue weighted by atomic mass is 16.5. The highest BCUT2D eigenvalue weighted by Crippen LogP contribution is 2.20. The van der Waals surface area contributed by atoms with Crippen molar-refractivity contribution < 1.29 is 4.52 Å². The van der Waals surface area contributed by atoms with E-state index in [9.17, 15) is 0 Å². The monoisotopic (exact) mass is 223 g/mol. The summed E-state index contributed by atoms with van der Waals surface area (Å²) >= 11 is 0. The van der Waals surface area contributed by atoms with Crippen LogP contribution in [0.4, 0.5) is 0 Å². The molecule has 0 radical (unpaired) electrons. The van der Waals surface area contributed by atoms with Crippen LogP contribution in [0.3, 0.4) is 0 Å². The molecule has 0 bridgehead atoms. The summed E-state index contributed by atoms with van der Waals surface area (Å²) in [7, 11) is 0. The smallest absolute Gasteiger partial charge is 0.150 e. The van der Waals surface area contributed by atoms with Gasteiger partial charge in [0.05, 0.1) is 12.2 Å². The second-order valence-electron chi connectivity index (χ2n) is 4.93. The van der Waals surface area contributed by atoms with Crippen molar-refractivity contribution in [3.63, 3.8) is 0 Å². The summed E-state index contributed by atoms with van der Waals surface area (Å²) in [4.78, 5) is 2.41. The van der Waals surface area contributed by atoms with Gasteiger partial charge in [0.15, 0.2) is 5.76 Å². The number of nitrogens with zero attached hydrogens (tertiary/aromatic N) is 2. The second kappa shape index (κ2) is 4.97. The van der Waals surface area contributed by atoms with Gasteiger partial charge in [0.1, 0.15) is 0 Å². The first kappa shape index (κ1) is 11.6. The van der Waals surface area contributed by atoms with E-state index >= 15 is 0 Å². The number of rotatable bonds is 3. The number of aryl methyl sites for hydroxylation is 1. The van der Waals surface area contributed by atoms with E-state index in [2.05, 4.69) is 17.0 Å². The summed E-state index contributed by atoms with van der Waals surface area (Å²) in [6, 6.07) is 2.30. The average molecular weight is 223 g/mol. The van der Waals surface area contributed by atoms with Gasteiger partial charge in [0.2, 0.25) is 0 Å². The highest BCUT2D eigenvalue weighted by molar-refractivity contribution is 5.03. The Labute approximate surface area is 96.8 Å². The molecule has 4 nitrogen and oxygen atoms in total. The number of hydrogen-bond acceptors (Lipinski definition) is 4. The molecule has 0 aromatic carbocycles. The van der Waals surface area contributed by atoms with Crippen LogP contribution in [0.2, 0.25) is 0 Å². The molecule has 1 aliphatic heterocycles. The van der Waals surface area contributed by atoms with Crippen LogP contribution in [-0.4, -0.2) is 29.2 Å². The minimum absolute atomic E-state index is 0.291. The second-order valence-corrected chi connectivity index (χ2v) is 4.93. The Kier molecular flexibility index (Phi) is 3.61. The van der Waals surface area contributed by atoms with E-state index in [1.54, 1.807) is 0 Å². The Hall–Kier alpha value is -0.870. The van der Waals surface area contributed by atoms with Gasteiger partial charge in [-0.2, -0.15) is 0 Å². The lowest BCUT2D eigenvalue weighted by Gasteiger charge is -2.33. The number of hydrogen-bond donors (Lipinski definition) is 1. The molecule has 1 saturated heterocycles. The van der Waals surface area contributed by atoms with Crippen LogP contribution in [0.5, 0.6) is 0 Å². The molecule has 0 aliphatic carbocycles. The topological polar surface area (TPSA) is 55.3 Å². The minimum atomic E-state index is 0.291. The van der Waals surface area contributed by atoms with Crippen LogP contribution in [-0.2, 0) is 6.54 Å².